The number of fused-ring (bicyclic) bond motifs is 1. The van der Waals surface area contributed by atoms with Crippen molar-refractivity contribution >= 4 is 46.6 Å². The van der Waals surface area contributed by atoms with Gasteiger partial charge in [-0.2, -0.15) is 5.10 Å². The summed E-state index contributed by atoms with van der Waals surface area (Å²) >= 11 is 12.0. The first kappa shape index (κ1) is 22.4. The van der Waals surface area contributed by atoms with E-state index in [0.717, 1.165) is 24.1 Å². The maximum atomic E-state index is 12.4. The monoisotopic (exact) mass is 443 g/mol. The van der Waals surface area contributed by atoms with E-state index >= 15 is 0 Å². The van der Waals surface area contributed by atoms with Crippen molar-refractivity contribution in [3.63, 3.8) is 0 Å². The molecule has 2 aromatic carbocycles. The minimum atomic E-state index is -0.379. The molecule has 0 aromatic heterocycles. The van der Waals surface area contributed by atoms with E-state index in [1.54, 1.807) is 18.3 Å². The van der Waals surface area contributed by atoms with Gasteiger partial charge in [0.1, 0.15) is 0 Å². The minimum absolute atomic E-state index is 0.0268. The molecule has 1 amide bonds. The van der Waals surface area contributed by atoms with E-state index in [4.69, 9.17) is 23.2 Å². The Morgan fingerprint density at radius 2 is 1.93 bits per heavy atom. The van der Waals surface area contributed by atoms with Crippen molar-refractivity contribution in [2.75, 3.05) is 11.4 Å². The summed E-state index contributed by atoms with van der Waals surface area (Å²) in [5.74, 6) is -0.379. The molecular formula is C24H27Cl2N3O. The average molecular weight is 444 g/mol. The molecule has 1 N–H and O–H groups in total. The summed E-state index contributed by atoms with van der Waals surface area (Å²) in [5, 5.41) is 4.92. The molecule has 3 rings (SSSR count). The van der Waals surface area contributed by atoms with Crippen molar-refractivity contribution in [1.29, 1.82) is 0 Å². The van der Waals surface area contributed by atoms with Gasteiger partial charge in [0.15, 0.2) is 0 Å². The summed E-state index contributed by atoms with van der Waals surface area (Å²) in [6.45, 7) is 11.9. The van der Waals surface area contributed by atoms with Crippen LogP contribution in [0.4, 0.5) is 5.69 Å². The van der Waals surface area contributed by atoms with Crippen LogP contribution < -0.4 is 10.3 Å². The summed E-state index contributed by atoms with van der Waals surface area (Å²) in [5.41, 5.74) is 8.59. The van der Waals surface area contributed by atoms with Crippen molar-refractivity contribution < 1.29 is 4.79 Å². The number of aryl methyl sites for hydroxylation is 1. The number of carbonyl (C=O) groups is 1. The molecule has 2 aromatic rings. The SMILES string of the molecule is CCCN1c2cc(C)c(/C=N\NC(=O)c3ccc(Cl)cc3Cl)cc2C(C)=CC1(C)C. The van der Waals surface area contributed by atoms with Gasteiger partial charge in [-0.1, -0.05) is 36.2 Å². The fourth-order valence-electron chi connectivity index (χ4n) is 3.91. The van der Waals surface area contributed by atoms with Crippen LogP contribution in [0, 0.1) is 6.92 Å². The molecule has 0 unspecified atom stereocenters. The predicted molar refractivity (Wildman–Crippen MR) is 128 cm³/mol. The van der Waals surface area contributed by atoms with Crippen LogP contribution in [-0.4, -0.2) is 24.2 Å². The number of benzene rings is 2. The maximum absolute atomic E-state index is 12.4. The number of amides is 1. The third kappa shape index (κ3) is 4.55. The zero-order chi connectivity index (χ0) is 22.1. The maximum Gasteiger partial charge on any atom is 0.272 e. The van der Waals surface area contributed by atoms with Gasteiger partial charge in [-0.3, -0.25) is 4.79 Å². The number of hydrogen-bond donors (Lipinski definition) is 1. The number of hydrogen-bond acceptors (Lipinski definition) is 3. The lowest BCUT2D eigenvalue weighted by molar-refractivity contribution is 0.0955. The molecule has 0 bridgehead atoms. The lowest BCUT2D eigenvalue weighted by atomic mass is 9.87. The van der Waals surface area contributed by atoms with Crippen LogP contribution in [0.2, 0.25) is 10.0 Å². The summed E-state index contributed by atoms with van der Waals surface area (Å²) in [6, 6.07) is 9.09. The standard InChI is InChI=1S/C24H27Cl2N3O/c1-6-9-29-22-10-15(2)17(11-20(22)16(3)13-24(29,4)5)14-27-28-23(30)19-8-7-18(25)12-21(19)26/h7-8,10-14H,6,9H2,1-5H3,(H,28,30)/b27-14-. The summed E-state index contributed by atoms with van der Waals surface area (Å²) in [7, 11) is 0. The van der Waals surface area contributed by atoms with E-state index < -0.39 is 0 Å². The normalized spacial score (nSPS) is 15.2. The molecule has 0 atom stereocenters. The van der Waals surface area contributed by atoms with E-state index in [9.17, 15) is 4.79 Å². The molecular weight excluding hydrogens is 417 g/mol. The number of halogens is 2. The van der Waals surface area contributed by atoms with Crippen LogP contribution >= 0.6 is 23.2 Å². The zero-order valence-electron chi connectivity index (χ0n) is 18.0. The van der Waals surface area contributed by atoms with Gasteiger partial charge in [0.2, 0.25) is 0 Å². The molecule has 4 nitrogen and oxygen atoms in total. The highest BCUT2D eigenvalue weighted by Crippen LogP contribution is 2.40. The highest BCUT2D eigenvalue weighted by molar-refractivity contribution is 6.36. The fourth-order valence-corrected chi connectivity index (χ4v) is 4.40. The average Bonchev–Trinajstić information content (AvgIpc) is 2.65. The highest BCUT2D eigenvalue weighted by Gasteiger charge is 2.31. The molecule has 0 saturated heterocycles. The number of nitrogens with zero attached hydrogens (tertiary/aromatic N) is 2. The first-order valence-electron chi connectivity index (χ1n) is 10.0. The van der Waals surface area contributed by atoms with Crippen molar-refractivity contribution in [2.45, 2.75) is 46.6 Å². The van der Waals surface area contributed by atoms with Gasteiger partial charge in [-0.15, -0.1) is 0 Å². The zero-order valence-corrected chi connectivity index (χ0v) is 19.5. The molecule has 0 aliphatic carbocycles. The number of hydrazone groups is 1. The molecule has 6 heteroatoms. The van der Waals surface area contributed by atoms with Crippen molar-refractivity contribution in [3.05, 3.63) is 68.7 Å². The Hall–Kier alpha value is -2.30. The number of carbonyl (C=O) groups excluding carboxylic acids is 1. The third-order valence-electron chi connectivity index (χ3n) is 5.36. The van der Waals surface area contributed by atoms with E-state index in [2.05, 4.69) is 68.3 Å². The number of rotatable bonds is 5. The Morgan fingerprint density at radius 1 is 1.20 bits per heavy atom. The molecule has 158 valence electrons. The van der Waals surface area contributed by atoms with Crippen LogP contribution in [0.15, 0.2) is 41.5 Å². The van der Waals surface area contributed by atoms with Crippen molar-refractivity contribution in [3.8, 4) is 0 Å². The highest BCUT2D eigenvalue weighted by atomic mass is 35.5. The Balaban J connectivity index is 1.86. The fraction of sp³-hybridized carbons (Fsp3) is 0.333. The molecule has 1 aliphatic heterocycles. The molecule has 0 saturated carbocycles. The number of anilines is 1. The van der Waals surface area contributed by atoms with Crippen LogP contribution in [0.1, 0.15) is 61.2 Å². The van der Waals surface area contributed by atoms with Crippen LogP contribution in [0.25, 0.3) is 5.57 Å². The van der Waals surface area contributed by atoms with Gasteiger partial charge in [0, 0.05) is 22.8 Å². The smallest absolute Gasteiger partial charge is 0.272 e. The Kier molecular flexibility index (Phi) is 6.59. The van der Waals surface area contributed by atoms with Gasteiger partial charge in [-0.05, 0) is 81.1 Å². The number of nitrogens with one attached hydrogen (secondary N) is 1. The summed E-state index contributed by atoms with van der Waals surface area (Å²) < 4.78 is 0. The van der Waals surface area contributed by atoms with Crippen LogP contribution in [0.5, 0.6) is 0 Å². The summed E-state index contributed by atoms with van der Waals surface area (Å²) in [4.78, 5) is 14.8. The van der Waals surface area contributed by atoms with Gasteiger partial charge < -0.3 is 4.90 Å². The Labute approximate surface area is 188 Å². The number of allylic oxidation sites excluding steroid dienone is 1. The van der Waals surface area contributed by atoms with E-state index in [1.165, 1.54) is 22.9 Å². The second-order valence-corrected chi connectivity index (χ2v) is 9.03. The first-order chi connectivity index (χ1) is 14.1. The topological polar surface area (TPSA) is 44.7 Å². The molecule has 0 radical (unpaired) electrons. The van der Waals surface area contributed by atoms with Crippen LogP contribution in [0.3, 0.4) is 0 Å². The van der Waals surface area contributed by atoms with E-state index in [-0.39, 0.29) is 11.4 Å². The lowest BCUT2D eigenvalue weighted by Gasteiger charge is -2.43. The van der Waals surface area contributed by atoms with E-state index in [0.29, 0.717) is 15.6 Å². The Morgan fingerprint density at radius 3 is 2.60 bits per heavy atom. The second-order valence-electron chi connectivity index (χ2n) is 8.18. The quantitative estimate of drug-likeness (QED) is 0.424. The van der Waals surface area contributed by atoms with Gasteiger partial charge >= 0.3 is 0 Å². The van der Waals surface area contributed by atoms with Gasteiger partial charge in [0.25, 0.3) is 5.91 Å². The van der Waals surface area contributed by atoms with Crippen LogP contribution in [-0.2, 0) is 0 Å². The molecule has 0 fully saturated rings. The van der Waals surface area contributed by atoms with Crippen molar-refractivity contribution in [1.82, 2.24) is 5.43 Å². The largest absolute Gasteiger partial charge is 0.362 e. The minimum Gasteiger partial charge on any atom is -0.362 e. The summed E-state index contributed by atoms with van der Waals surface area (Å²) in [6.07, 6.45) is 5.07. The van der Waals surface area contributed by atoms with Gasteiger partial charge in [0.05, 0.1) is 22.3 Å². The Bertz CT molecular complexity index is 1040. The molecule has 1 heterocycles. The predicted octanol–water partition coefficient (Wildman–Crippen LogP) is 6.48. The second kappa shape index (κ2) is 8.83. The van der Waals surface area contributed by atoms with E-state index in [1.807, 2.05) is 0 Å². The molecule has 1 aliphatic rings. The van der Waals surface area contributed by atoms with Crippen molar-refractivity contribution in [2.24, 2.45) is 5.10 Å². The third-order valence-corrected chi connectivity index (χ3v) is 5.91. The molecule has 0 spiro atoms. The first-order valence-corrected chi connectivity index (χ1v) is 10.8. The molecule has 30 heavy (non-hydrogen) atoms. The lowest BCUT2D eigenvalue weighted by Crippen LogP contribution is -2.45. The van der Waals surface area contributed by atoms with Gasteiger partial charge in [-0.25, -0.2) is 5.43 Å².